The van der Waals surface area contributed by atoms with Crippen LogP contribution in [0.2, 0.25) is 0 Å². The summed E-state index contributed by atoms with van der Waals surface area (Å²) in [6, 6.07) is 11.3. The van der Waals surface area contributed by atoms with Crippen LogP contribution >= 0.6 is 0 Å². The number of ether oxygens (including phenoxy) is 3. The number of aromatic nitrogens is 1. The van der Waals surface area contributed by atoms with Gasteiger partial charge in [0, 0.05) is 18.9 Å². The summed E-state index contributed by atoms with van der Waals surface area (Å²) in [5.41, 5.74) is 3.54. The molecule has 35 heavy (non-hydrogen) atoms. The number of fused-ring (bicyclic) bond motifs is 1. The lowest BCUT2D eigenvalue weighted by molar-refractivity contribution is -0.137. The molecule has 0 amide bonds. The molecule has 0 fully saturated rings. The fourth-order valence-corrected chi connectivity index (χ4v) is 4.39. The topological polar surface area (TPSA) is 108 Å². The first-order valence-corrected chi connectivity index (χ1v) is 11.6. The van der Waals surface area contributed by atoms with E-state index < -0.39 is 5.97 Å². The molecule has 2 aromatic carbocycles. The Morgan fingerprint density at radius 1 is 1.11 bits per heavy atom. The number of aliphatic carboxylic acids is 1. The first kappa shape index (κ1) is 24.3. The minimum absolute atomic E-state index is 0.0927. The SMILES string of the molecule is COc1cc(-c2nc(C)c(C(C)=O)o2)ccc1OCCCOc1ccc2c(c1)CC[C@H]2CC(=O)O. The zero-order valence-corrected chi connectivity index (χ0v) is 20.1. The van der Waals surface area contributed by atoms with Crippen LogP contribution in [0.25, 0.3) is 11.5 Å². The fraction of sp³-hybridized carbons (Fsp3) is 0.370. The maximum absolute atomic E-state index is 11.6. The molecule has 1 N–H and O–H groups in total. The number of nitrogens with zero attached hydrogens (tertiary/aromatic N) is 1. The molecule has 1 aromatic heterocycles. The monoisotopic (exact) mass is 479 g/mol. The first-order chi connectivity index (χ1) is 16.9. The number of aryl methyl sites for hydroxylation is 2. The van der Waals surface area contributed by atoms with Crippen molar-refractivity contribution in [2.24, 2.45) is 0 Å². The summed E-state index contributed by atoms with van der Waals surface area (Å²) < 4.78 is 22.8. The lowest BCUT2D eigenvalue weighted by Crippen LogP contribution is -2.06. The summed E-state index contributed by atoms with van der Waals surface area (Å²) >= 11 is 0. The normalized spacial score (nSPS) is 14.4. The van der Waals surface area contributed by atoms with E-state index in [1.165, 1.54) is 12.5 Å². The lowest BCUT2D eigenvalue weighted by atomic mass is 9.98. The molecule has 1 atom stereocenters. The zero-order chi connectivity index (χ0) is 24.9. The highest BCUT2D eigenvalue weighted by Gasteiger charge is 2.25. The van der Waals surface area contributed by atoms with Gasteiger partial charge in [0.15, 0.2) is 23.0 Å². The number of hydrogen-bond acceptors (Lipinski definition) is 7. The summed E-state index contributed by atoms with van der Waals surface area (Å²) in [5, 5.41) is 9.07. The van der Waals surface area contributed by atoms with Crippen molar-refractivity contribution >= 4 is 11.8 Å². The van der Waals surface area contributed by atoms with Crippen molar-refractivity contribution in [3.05, 3.63) is 59.0 Å². The second-order valence-corrected chi connectivity index (χ2v) is 8.60. The molecule has 1 heterocycles. The van der Waals surface area contributed by atoms with Gasteiger partial charge < -0.3 is 23.7 Å². The number of hydrogen-bond donors (Lipinski definition) is 1. The van der Waals surface area contributed by atoms with Crippen LogP contribution in [0, 0.1) is 6.92 Å². The molecule has 0 spiro atoms. The Kier molecular flexibility index (Phi) is 7.39. The number of Topliss-reactive ketones (excluding diaryl/α,β-unsaturated/α-hetero) is 1. The van der Waals surface area contributed by atoms with E-state index in [9.17, 15) is 9.59 Å². The van der Waals surface area contributed by atoms with Crippen molar-refractivity contribution in [3.63, 3.8) is 0 Å². The summed E-state index contributed by atoms with van der Waals surface area (Å²) in [7, 11) is 1.56. The van der Waals surface area contributed by atoms with Crippen LogP contribution in [0.15, 0.2) is 40.8 Å². The average Bonchev–Trinajstić information content (AvgIpc) is 3.41. The summed E-state index contributed by atoms with van der Waals surface area (Å²) in [6.07, 6.45) is 2.59. The van der Waals surface area contributed by atoms with Crippen LogP contribution in [0.4, 0.5) is 0 Å². The van der Waals surface area contributed by atoms with Crippen LogP contribution in [0.3, 0.4) is 0 Å². The summed E-state index contributed by atoms with van der Waals surface area (Å²) in [4.78, 5) is 27.0. The van der Waals surface area contributed by atoms with E-state index in [-0.39, 0.29) is 23.9 Å². The molecule has 4 rings (SSSR count). The van der Waals surface area contributed by atoms with E-state index in [0.29, 0.717) is 48.3 Å². The van der Waals surface area contributed by atoms with Crippen molar-refractivity contribution in [1.82, 2.24) is 4.98 Å². The number of ketones is 1. The number of carbonyl (C=O) groups is 2. The van der Waals surface area contributed by atoms with Crippen LogP contribution < -0.4 is 14.2 Å². The zero-order valence-electron chi connectivity index (χ0n) is 20.1. The highest BCUT2D eigenvalue weighted by Crippen LogP contribution is 2.37. The van der Waals surface area contributed by atoms with Crippen LogP contribution in [0.5, 0.6) is 17.2 Å². The summed E-state index contributed by atoms with van der Waals surface area (Å²) in [5.74, 6) is 1.69. The van der Waals surface area contributed by atoms with Crippen molar-refractivity contribution in [2.45, 2.75) is 45.4 Å². The first-order valence-electron chi connectivity index (χ1n) is 11.6. The number of rotatable bonds is 11. The van der Waals surface area contributed by atoms with Gasteiger partial charge in [-0.1, -0.05) is 6.07 Å². The molecule has 1 aliphatic rings. The quantitative estimate of drug-likeness (QED) is 0.295. The fourth-order valence-electron chi connectivity index (χ4n) is 4.39. The third-order valence-electron chi connectivity index (χ3n) is 6.08. The van der Waals surface area contributed by atoms with Gasteiger partial charge in [0.1, 0.15) is 5.75 Å². The molecule has 0 saturated carbocycles. The molecule has 8 nitrogen and oxygen atoms in total. The molecular formula is C27H29NO7. The molecule has 0 bridgehead atoms. The molecule has 0 aliphatic heterocycles. The van der Waals surface area contributed by atoms with Gasteiger partial charge in [-0.15, -0.1) is 0 Å². The number of oxazole rings is 1. The number of carboxylic acids is 1. The van der Waals surface area contributed by atoms with E-state index in [2.05, 4.69) is 4.98 Å². The Labute approximate surface area is 203 Å². The van der Waals surface area contributed by atoms with Crippen LogP contribution in [-0.2, 0) is 11.2 Å². The van der Waals surface area contributed by atoms with Crippen molar-refractivity contribution < 1.29 is 33.3 Å². The Hall–Kier alpha value is -3.81. The van der Waals surface area contributed by atoms with Gasteiger partial charge in [0.2, 0.25) is 5.89 Å². The van der Waals surface area contributed by atoms with Gasteiger partial charge in [-0.05, 0) is 67.1 Å². The second kappa shape index (κ2) is 10.6. The van der Waals surface area contributed by atoms with E-state index in [1.54, 1.807) is 26.2 Å². The average molecular weight is 480 g/mol. The van der Waals surface area contributed by atoms with Gasteiger partial charge in [-0.3, -0.25) is 9.59 Å². The van der Waals surface area contributed by atoms with Gasteiger partial charge >= 0.3 is 5.97 Å². The predicted molar refractivity (Wildman–Crippen MR) is 129 cm³/mol. The highest BCUT2D eigenvalue weighted by atomic mass is 16.5. The van der Waals surface area contributed by atoms with Gasteiger partial charge in [-0.2, -0.15) is 0 Å². The molecule has 8 heteroatoms. The van der Waals surface area contributed by atoms with E-state index in [0.717, 1.165) is 24.2 Å². The van der Waals surface area contributed by atoms with Crippen molar-refractivity contribution in [3.8, 4) is 28.7 Å². The lowest BCUT2D eigenvalue weighted by Gasteiger charge is -2.13. The third kappa shape index (κ3) is 5.65. The van der Waals surface area contributed by atoms with Crippen molar-refractivity contribution in [1.29, 1.82) is 0 Å². The molecule has 0 unspecified atom stereocenters. The number of methoxy groups -OCH3 is 1. The Morgan fingerprint density at radius 2 is 1.91 bits per heavy atom. The molecule has 0 saturated heterocycles. The van der Waals surface area contributed by atoms with E-state index in [1.807, 2.05) is 24.3 Å². The predicted octanol–water partition coefficient (Wildman–Crippen LogP) is 5.21. The van der Waals surface area contributed by atoms with Gasteiger partial charge in [-0.25, -0.2) is 4.98 Å². The minimum Gasteiger partial charge on any atom is -0.493 e. The van der Waals surface area contributed by atoms with E-state index in [4.69, 9.17) is 23.7 Å². The maximum atomic E-state index is 11.6. The Bertz CT molecular complexity index is 1230. The number of carboxylic acid groups (broad SMARTS) is 1. The Morgan fingerprint density at radius 3 is 2.63 bits per heavy atom. The summed E-state index contributed by atoms with van der Waals surface area (Å²) in [6.45, 7) is 4.11. The molecule has 1 aliphatic carbocycles. The molecule has 0 radical (unpaired) electrons. The van der Waals surface area contributed by atoms with Crippen LogP contribution in [-0.4, -0.2) is 42.2 Å². The third-order valence-corrected chi connectivity index (χ3v) is 6.08. The molecule has 184 valence electrons. The van der Waals surface area contributed by atoms with Crippen LogP contribution in [0.1, 0.15) is 59.5 Å². The number of carbonyl (C=O) groups excluding carboxylic acids is 1. The molecular weight excluding hydrogens is 450 g/mol. The second-order valence-electron chi connectivity index (χ2n) is 8.60. The van der Waals surface area contributed by atoms with E-state index >= 15 is 0 Å². The smallest absolute Gasteiger partial charge is 0.303 e. The van der Waals surface area contributed by atoms with Gasteiger partial charge in [0.25, 0.3) is 0 Å². The highest BCUT2D eigenvalue weighted by molar-refractivity contribution is 5.92. The minimum atomic E-state index is -0.760. The maximum Gasteiger partial charge on any atom is 0.303 e. The number of benzene rings is 2. The van der Waals surface area contributed by atoms with Gasteiger partial charge in [0.05, 0.1) is 32.4 Å². The molecule has 3 aromatic rings. The van der Waals surface area contributed by atoms with Crippen molar-refractivity contribution in [2.75, 3.05) is 20.3 Å². The Balaban J connectivity index is 1.29. The standard InChI is InChI=1S/C27H29NO7/c1-16-26(17(2)29)35-27(28-16)20-7-10-23(24(14-20)32-3)34-12-4-11-33-21-8-9-22-18(13-21)5-6-19(22)15-25(30)31/h7-10,13-14,19H,4-6,11-12,15H2,1-3H3,(H,30,31)/t19-/m0/s1. The largest absolute Gasteiger partial charge is 0.493 e.